The number of morpholine rings is 1. The van der Waals surface area contributed by atoms with Crippen LogP contribution in [-0.2, 0) is 22.6 Å². The van der Waals surface area contributed by atoms with Gasteiger partial charge in [-0.25, -0.2) is 9.97 Å². The Labute approximate surface area is 159 Å². The Hall–Kier alpha value is -2.03. The number of aromatic nitrogens is 4. The molecule has 0 spiro atoms. The Morgan fingerprint density at radius 3 is 2.70 bits per heavy atom. The van der Waals surface area contributed by atoms with Crippen LogP contribution in [0.25, 0.3) is 0 Å². The van der Waals surface area contributed by atoms with Gasteiger partial charge in [-0.05, 0) is 19.8 Å². The molecule has 8 nitrogen and oxygen atoms in total. The van der Waals surface area contributed by atoms with Gasteiger partial charge in [0.15, 0.2) is 0 Å². The van der Waals surface area contributed by atoms with Crippen molar-refractivity contribution in [3.63, 3.8) is 0 Å². The summed E-state index contributed by atoms with van der Waals surface area (Å²) >= 11 is 0. The summed E-state index contributed by atoms with van der Waals surface area (Å²) in [6, 6.07) is 0.271. The summed E-state index contributed by atoms with van der Waals surface area (Å²) in [5.41, 5.74) is 2.23. The van der Waals surface area contributed by atoms with Gasteiger partial charge in [0.1, 0.15) is 6.10 Å². The third-order valence-electron chi connectivity index (χ3n) is 5.18. The molecule has 0 unspecified atom stereocenters. The third-order valence-corrected chi connectivity index (χ3v) is 5.18. The zero-order chi connectivity index (χ0) is 18.5. The van der Waals surface area contributed by atoms with Gasteiger partial charge in [-0.2, -0.15) is 5.10 Å². The fourth-order valence-electron chi connectivity index (χ4n) is 3.63. The van der Waals surface area contributed by atoms with Gasteiger partial charge < -0.3 is 19.7 Å². The number of anilines is 1. The molecule has 0 aliphatic carbocycles. The van der Waals surface area contributed by atoms with Crippen molar-refractivity contribution in [1.82, 2.24) is 25.1 Å². The molecule has 4 heterocycles. The lowest BCUT2D eigenvalue weighted by Gasteiger charge is -2.32. The highest BCUT2D eigenvalue weighted by molar-refractivity contribution is 5.30. The fraction of sp³-hybridized carbons (Fsp3) is 0.632. The number of aryl methyl sites for hydroxylation is 1. The molecule has 2 atom stereocenters. The van der Waals surface area contributed by atoms with Crippen molar-refractivity contribution in [2.45, 2.75) is 45.0 Å². The Bertz CT molecular complexity index is 713. The lowest BCUT2D eigenvalue weighted by Crippen LogP contribution is -2.39. The van der Waals surface area contributed by atoms with E-state index in [2.05, 4.69) is 38.4 Å². The summed E-state index contributed by atoms with van der Waals surface area (Å²) in [7, 11) is 0. The Morgan fingerprint density at radius 1 is 1.15 bits per heavy atom. The first-order chi connectivity index (χ1) is 13.3. The maximum absolute atomic E-state index is 6.06. The lowest BCUT2D eigenvalue weighted by atomic mass is 9.98. The smallest absolute Gasteiger partial charge is 0.225 e. The summed E-state index contributed by atoms with van der Waals surface area (Å²) in [6.07, 6.45) is 10.1. The summed E-state index contributed by atoms with van der Waals surface area (Å²) in [4.78, 5) is 11.2. The molecule has 2 aromatic heterocycles. The van der Waals surface area contributed by atoms with E-state index in [0.717, 1.165) is 75.9 Å². The predicted octanol–water partition coefficient (Wildman–Crippen LogP) is 1.54. The van der Waals surface area contributed by atoms with Crippen molar-refractivity contribution >= 4 is 5.95 Å². The molecule has 1 N–H and O–H groups in total. The average Bonchev–Trinajstić information content (AvgIpc) is 3.23. The van der Waals surface area contributed by atoms with Gasteiger partial charge in [-0.3, -0.25) is 4.68 Å². The van der Waals surface area contributed by atoms with E-state index in [-0.39, 0.29) is 12.1 Å². The van der Waals surface area contributed by atoms with Crippen LogP contribution in [0.15, 0.2) is 24.8 Å². The second-order valence-electron chi connectivity index (χ2n) is 7.04. The van der Waals surface area contributed by atoms with Gasteiger partial charge >= 0.3 is 0 Å². The number of hydrogen-bond acceptors (Lipinski definition) is 7. The molecule has 4 rings (SSSR count). The van der Waals surface area contributed by atoms with Crippen molar-refractivity contribution in [1.29, 1.82) is 0 Å². The summed E-state index contributed by atoms with van der Waals surface area (Å²) in [5, 5.41) is 8.03. The van der Waals surface area contributed by atoms with Crippen LogP contribution in [0.1, 0.15) is 37.0 Å². The second kappa shape index (κ2) is 8.77. The zero-order valence-corrected chi connectivity index (χ0v) is 15.9. The highest BCUT2D eigenvalue weighted by Crippen LogP contribution is 2.28. The van der Waals surface area contributed by atoms with Crippen LogP contribution in [0.5, 0.6) is 0 Å². The van der Waals surface area contributed by atoms with Crippen molar-refractivity contribution in [3.8, 4) is 0 Å². The molecular formula is C19H28N6O2. The molecule has 146 valence electrons. The van der Waals surface area contributed by atoms with E-state index < -0.39 is 0 Å². The maximum Gasteiger partial charge on any atom is 0.225 e. The molecule has 0 radical (unpaired) electrons. The minimum atomic E-state index is 0.0487. The molecule has 2 aliphatic rings. The van der Waals surface area contributed by atoms with Crippen LogP contribution < -0.4 is 10.2 Å². The Kier molecular flexibility index (Phi) is 5.96. The van der Waals surface area contributed by atoms with E-state index in [0.29, 0.717) is 0 Å². The minimum absolute atomic E-state index is 0.0487. The van der Waals surface area contributed by atoms with Gasteiger partial charge in [0.05, 0.1) is 19.4 Å². The largest absolute Gasteiger partial charge is 0.378 e. The van der Waals surface area contributed by atoms with Gasteiger partial charge in [0.2, 0.25) is 5.95 Å². The van der Waals surface area contributed by atoms with Crippen molar-refractivity contribution in [2.75, 3.05) is 37.8 Å². The monoisotopic (exact) mass is 372 g/mol. The Morgan fingerprint density at radius 2 is 1.96 bits per heavy atom. The SMILES string of the molecule is CCn1cc([C@H]2OCCC[C@@H]2NCc2cnc(N3CCOCC3)nc2)cn1. The minimum Gasteiger partial charge on any atom is -0.378 e. The van der Waals surface area contributed by atoms with Gasteiger partial charge in [-0.1, -0.05) is 0 Å². The number of hydrogen-bond donors (Lipinski definition) is 1. The van der Waals surface area contributed by atoms with Crippen molar-refractivity contribution < 1.29 is 9.47 Å². The quantitative estimate of drug-likeness (QED) is 0.824. The van der Waals surface area contributed by atoms with E-state index in [1.807, 2.05) is 23.3 Å². The van der Waals surface area contributed by atoms with E-state index in [4.69, 9.17) is 9.47 Å². The van der Waals surface area contributed by atoms with Crippen LogP contribution in [0.4, 0.5) is 5.95 Å². The van der Waals surface area contributed by atoms with Crippen LogP contribution in [0, 0.1) is 0 Å². The first-order valence-electron chi connectivity index (χ1n) is 9.84. The van der Waals surface area contributed by atoms with Crippen LogP contribution >= 0.6 is 0 Å². The molecule has 0 aromatic carbocycles. The molecular weight excluding hydrogens is 344 g/mol. The fourth-order valence-corrected chi connectivity index (χ4v) is 3.63. The predicted molar refractivity (Wildman–Crippen MR) is 102 cm³/mol. The number of nitrogens with one attached hydrogen (secondary N) is 1. The molecule has 0 saturated carbocycles. The van der Waals surface area contributed by atoms with Gasteiger partial charge in [0, 0.05) is 68.5 Å². The number of nitrogens with zero attached hydrogens (tertiary/aromatic N) is 5. The summed E-state index contributed by atoms with van der Waals surface area (Å²) in [6.45, 7) is 7.68. The third kappa shape index (κ3) is 4.45. The molecule has 8 heteroatoms. The molecule has 0 bridgehead atoms. The number of rotatable bonds is 6. The standard InChI is InChI=1S/C19H28N6O2/c1-2-25-14-16(13-23-25)18-17(4-3-7-27-18)20-10-15-11-21-19(22-12-15)24-5-8-26-9-6-24/h11-14,17-18,20H,2-10H2,1H3/t17-,18+/m0/s1. The van der Waals surface area contributed by atoms with Gasteiger partial charge in [0.25, 0.3) is 0 Å². The molecule has 2 aromatic rings. The normalized spacial score (nSPS) is 23.5. The van der Waals surface area contributed by atoms with Crippen molar-refractivity contribution in [2.24, 2.45) is 0 Å². The second-order valence-corrected chi connectivity index (χ2v) is 7.04. The van der Waals surface area contributed by atoms with E-state index >= 15 is 0 Å². The molecule has 0 amide bonds. The van der Waals surface area contributed by atoms with Crippen LogP contribution in [0.2, 0.25) is 0 Å². The maximum atomic E-state index is 6.06. The average molecular weight is 372 g/mol. The number of ether oxygens (including phenoxy) is 2. The molecule has 2 saturated heterocycles. The van der Waals surface area contributed by atoms with E-state index in [1.165, 1.54) is 0 Å². The first-order valence-corrected chi connectivity index (χ1v) is 9.84. The Balaban J connectivity index is 1.36. The molecule has 2 aliphatic heterocycles. The highest BCUT2D eigenvalue weighted by atomic mass is 16.5. The van der Waals surface area contributed by atoms with Crippen molar-refractivity contribution in [3.05, 3.63) is 35.9 Å². The first kappa shape index (κ1) is 18.3. The van der Waals surface area contributed by atoms with Crippen LogP contribution in [0.3, 0.4) is 0 Å². The topological polar surface area (TPSA) is 77.3 Å². The van der Waals surface area contributed by atoms with E-state index in [1.54, 1.807) is 0 Å². The zero-order valence-electron chi connectivity index (χ0n) is 15.9. The lowest BCUT2D eigenvalue weighted by molar-refractivity contribution is -0.0112. The van der Waals surface area contributed by atoms with Crippen LogP contribution in [-0.4, -0.2) is 58.7 Å². The summed E-state index contributed by atoms with van der Waals surface area (Å²) < 4.78 is 13.4. The molecule has 27 heavy (non-hydrogen) atoms. The van der Waals surface area contributed by atoms with E-state index in [9.17, 15) is 0 Å². The van der Waals surface area contributed by atoms with Gasteiger partial charge in [-0.15, -0.1) is 0 Å². The highest BCUT2D eigenvalue weighted by Gasteiger charge is 2.28. The summed E-state index contributed by atoms with van der Waals surface area (Å²) in [5.74, 6) is 0.785. The molecule has 2 fully saturated rings.